The first-order valence-electron chi connectivity index (χ1n) is 4.24. The van der Waals surface area contributed by atoms with Gasteiger partial charge in [-0.15, -0.1) is 0 Å². The van der Waals surface area contributed by atoms with E-state index in [0.29, 0.717) is 3.57 Å². The van der Waals surface area contributed by atoms with E-state index < -0.39 is 11.9 Å². The number of hydrogen-bond acceptors (Lipinski definition) is 5. The minimum absolute atomic E-state index is 0.115. The van der Waals surface area contributed by atoms with Crippen LogP contribution in [0.1, 0.15) is 10.5 Å². The highest BCUT2D eigenvalue weighted by atomic mass is 127. The topological polar surface area (TPSA) is 88.5 Å². The number of carbonyl (C=O) groups is 2. The normalized spacial score (nSPS) is 9.62. The number of carbonyl (C=O) groups excluding carboxylic acids is 2. The zero-order chi connectivity index (χ0) is 12.1. The molecule has 16 heavy (non-hydrogen) atoms. The van der Waals surface area contributed by atoms with Crippen LogP contribution < -0.4 is 5.32 Å². The molecule has 0 radical (unpaired) electrons. The number of ether oxygens (including phenoxy) is 1. The molecule has 1 heterocycles. The van der Waals surface area contributed by atoms with Gasteiger partial charge in [-0.3, -0.25) is 9.59 Å². The Hall–Kier alpha value is -1.38. The number of rotatable bonds is 3. The summed E-state index contributed by atoms with van der Waals surface area (Å²) in [4.78, 5) is 26.0. The summed E-state index contributed by atoms with van der Waals surface area (Å²) in [5.74, 6) is -1.40. The second-order valence-corrected chi connectivity index (χ2v) is 3.91. The molecule has 1 amide bonds. The summed E-state index contributed by atoms with van der Waals surface area (Å²) in [5, 5.41) is 11.8. The van der Waals surface area contributed by atoms with Crippen LogP contribution in [0.3, 0.4) is 0 Å². The fraction of sp³-hybridized carbons (Fsp3) is 0.222. The summed E-state index contributed by atoms with van der Waals surface area (Å²) in [6.07, 6.45) is 1.40. The molecular formula is C9H9IN2O4. The number of aromatic hydroxyl groups is 1. The van der Waals surface area contributed by atoms with Crippen LogP contribution in [0, 0.1) is 3.57 Å². The summed E-state index contributed by atoms with van der Waals surface area (Å²) in [7, 11) is 1.22. The van der Waals surface area contributed by atoms with Gasteiger partial charge < -0.3 is 15.2 Å². The highest BCUT2D eigenvalue weighted by molar-refractivity contribution is 14.1. The Morgan fingerprint density at radius 3 is 2.94 bits per heavy atom. The molecule has 1 aromatic rings. The number of hydrogen-bond donors (Lipinski definition) is 2. The van der Waals surface area contributed by atoms with Crippen molar-refractivity contribution in [3.8, 4) is 5.75 Å². The van der Waals surface area contributed by atoms with Crippen LogP contribution in [-0.2, 0) is 9.53 Å². The number of nitrogens with one attached hydrogen (secondary N) is 1. The molecule has 86 valence electrons. The monoisotopic (exact) mass is 336 g/mol. The highest BCUT2D eigenvalue weighted by Crippen LogP contribution is 2.21. The summed E-state index contributed by atoms with van der Waals surface area (Å²) in [6.45, 7) is -0.262. The molecule has 1 aromatic heterocycles. The van der Waals surface area contributed by atoms with E-state index >= 15 is 0 Å². The van der Waals surface area contributed by atoms with E-state index in [-0.39, 0.29) is 18.0 Å². The van der Waals surface area contributed by atoms with E-state index in [1.807, 2.05) is 22.6 Å². The lowest BCUT2D eigenvalue weighted by Gasteiger charge is -2.05. The van der Waals surface area contributed by atoms with Gasteiger partial charge in [-0.25, -0.2) is 4.98 Å². The maximum atomic E-state index is 11.5. The minimum atomic E-state index is -0.624. The zero-order valence-corrected chi connectivity index (χ0v) is 10.5. The molecule has 0 aliphatic carbocycles. The van der Waals surface area contributed by atoms with Crippen LogP contribution in [-0.4, -0.2) is 35.6 Å². The van der Waals surface area contributed by atoms with Crippen LogP contribution in [0.5, 0.6) is 5.75 Å². The van der Waals surface area contributed by atoms with Crippen molar-refractivity contribution in [2.75, 3.05) is 13.7 Å². The Bertz CT molecular complexity index is 422. The molecule has 0 bridgehead atoms. The average molecular weight is 336 g/mol. The molecule has 0 spiro atoms. The van der Waals surface area contributed by atoms with Crippen LogP contribution in [0.4, 0.5) is 0 Å². The Morgan fingerprint density at radius 2 is 2.31 bits per heavy atom. The summed E-state index contributed by atoms with van der Waals surface area (Å²) in [5.41, 5.74) is -0.115. The van der Waals surface area contributed by atoms with Crippen LogP contribution in [0.25, 0.3) is 0 Å². The number of methoxy groups -OCH3 is 1. The maximum absolute atomic E-state index is 11.5. The molecule has 7 heteroatoms. The van der Waals surface area contributed by atoms with E-state index in [1.165, 1.54) is 13.3 Å². The van der Waals surface area contributed by atoms with E-state index in [4.69, 9.17) is 0 Å². The van der Waals surface area contributed by atoms with E-state index in [2.05, 4.69) is 15.0 Å². The van der Waals surface area contributed by atoms with Gasteiger partial charge in [0.15, 0.2) is 11.4 Å². The van der Waals surface area contributed by atoms with Crippen molar-refractivity contribution in [2.24, 2.45) is 0 Å². The molecule has 0 saturated heterocycles. The Balaban J connectivity index is 2.74. The number of pyridine rings is 1. The Labute approximate surface area is 105 Å². The number of amides is 1. The lowest BCUT2D eigenvalue weighted by Crippen LogP contribution is -2.30. The van der Waals surface area contributed by atoms with E-state index in [1.54, 1.807) is 6.07 Å². The molecule has 2 N–H and O–H groups in total. The predicted molar refractivity (Wildman–Crippen MR) is 63.0 cm³/mol. The van der Waals surface area contributed by atoms with Gasteiger partial charge in [-0.2, -0.15) is 0 Å². The zero-order valence-electron chi connectivity index (χ0n) is 8.36. The molecule has 0 aliphatic heterocycles. The first-order chi connectivity index (χ1) is 7.56. The van der Waals surface area contributed by atoms with Crippen molar-refractivity contribution in [1.82, 2.24) is 10.3 Å². The van der Waals surface area contributed by atoms with Crippen molar-refractivity contribution in [3.05, 3.63) is 21.5 Å². The van der Waals surface area contributed by atoms with E-state index in [9.17, 15) is 14.7 Å². The number of aromatic nitrogens is 1. The minimum Gasteiger partial charge on any atom is -0.504 e. The van der Waals surface area contributed by atoms with Crippen LogP contribution in [0.15, 0.2) is 12.3 Å². The van der Waals surface area contributed by atoms with Crippen molar-refractivity contribution < 1.29 is 19.4 Å². The third-order valence-electron chi connectivity index (χ3n) is 1.71. The van der Waals surface area contributed by atoms with Gasteiger partial charge in [0.05, 0.1) is 10.7 Å². The van der Waals surface area contributed by atoms with Gasteiger partial charge in [0.25, 0.3) is 5.91 Å². The predicted octanol–water partition coefficient (Wildman–Crippen LogP) is 0.295. The van der Waals surface area contributed by atoms with Gasteiger partial charge in [0.1, 0.15) is 6.54 Å². The second kappa shape index (κ2) is 5.64. The van der Waals surface area contributed by atoms with E-state index in [0.717, 1.165) is 0 Å². The molecule has 0 atom stereocenters. The fourth-order valence-electron chi connectivity index (χ4n) is 0.905. The quantitative estimate of drug-likeness (QED) is 0.612. The second-order valence-electron chi connectivity index (χ2n) is 2.75. The van der Waals surface area contributed by atoms with Crippen molar-refractivity contribution in [3.63, 3.8) is 0 Å². The standard InChI is InChI=1S/C9H9IN2O4/c1-16-6(13)4-12-9(15)7-8(14)5(10)2-3-11-7/h2-3,14H,4H2,1H3,(H,12,15). The molecule has 1 rings (SSSR count). The van der Waals surface area contributed by atoms with Crippen molar-refractivity contribution in [2.45, 2.75) is 0 Å². The number of esters is 1. The van der Waals surface area contributed by atoms with Crippen LogP contribution >= 0.6 is 22.6 Å². The molecule has 0 fully saturated rings. The van der Waals surface area contributed by atoms with Gasteiger partial charge in [-0.05, 0) is 28.7 Å². The van der Waals surface area contributed by atoms with Crippen molar-refractivity contribution in [1.29, 1.82) is 0 Å². The number of halogens is 1. The fourth-order valence-corrected chi connectivity index (χ4v) is 1.32. The smallest absolute Gasteiger partial charge is 0.325 e. The highest BCUT2D eigenvalue weighted by Gasteiger charge is 2.15. The van der Waals surface area contributed by atoms with Crippen LogP contribution in [0.2, 0.25) is 0 Å². The van der Waals surface area contributed by atoms with Crippen molar-refractivity contribution >= 4 is 34.5 Å². The average Bonchev–Trinajstić information content (AvgIpc) is 2.29. The Kier molecular flexibility index (Phi) is 4.47. The molecule has 0 aliphatic rings. The Morgan fingerprint density at radius 1 is 1.62 bits per heavy atom. The molecule has 6 nitrogen and oxygen atoms in total. The molecule has 0 aromatic carbocycles. The molecule has 0 unspecified atom stereocenters. The summed E-state index contributed by atoms with van der Waals surface area (Å²) >= 11 is 1.87. The number of nitrogens with zero attached hydrogens (tertiary/aromatic N) is 1. The largest absolute Gasteiger partial charge is 0.504 e. The van der Waals surface area contributed by atoms with Gasteiger partial charge in [0, 0.05) is 6.20 Å². The van der Waals surface area contributed by atoms with Gasteiger partial charge >= 0.3 is 5.97 Å². The SMILES string of the molecule is COC(=O)CNC(=O)c1nccc(I)c1O. The lowest BCUT2D eigenvalue weighted by atomic mass is 10.3. The summed E-state index contributed by atoms with van der Waals surface area (Å²) < 4.78 is 4.86. The maximum Gasteiger partial charge on any atom is 0.325 e. The molecule has 0 saturated carbocycles. The third kappa shape index (κ3) is 3.05. The summed E-state index contributed by atoms with van der Waals surface area (Å²) in [6, 6.07) is 1.56. The lowest BCUT2D eigenvalue weighted by molar-refractivity contribution is -0.139. The van der Waals surface area contributed by atoms with Gasteiger partial charge in [-0.1, -0.05) is 0 Å². The van der Waals surface area contributed by atoms with Gasteiger partial charge in [0.2, 0.25) is 0 Å². The first kappa shape index (κ1) is 12.7. The molecular weight excluding hydrogens is 327 g/mol. The third-order valence-corrected chi connectivity index (χ3v) is 2.58. The first-order valence-corrected chi connectivity index (χ1v) is 5.32.